The first kappa shape index (κ1) is 13.9. The van der Waals surface area contributed by atoms with E-state index in [1.807, 2.05) is 11.8 Å². The normalized spacial score (nSPS) is 34.0. The van der Waals surface area contributed by atoms with Crippen molar-refractivity contribution in [3.63, 3.8) is 0 Å². The summed E-state index contributed by atoms with van der Waals surface area (Å²) in [6.45, 7) is 4.07. The van der Waals surface area contributed by atoms with Crippen LogP contribution in [0.1, 0.15) is 39.0 Å². The minimum Gasteiger partial charge on any atom is -0.481 e. The number of aliphatic carboxylic acids is 1. The second-order valence-electron chi connectivity index (χ2n) is 6.65. The largest absolute Gasteiger partial charge is 0.481 e. The average molecular weight is 281 g/mol. The molecule has 1 N–H and O–H groups in total. The summed E-state index contributed by atoms with van der Waals surface area (Å²) in [6, 6.07) is 0. The quantitative estimate of drug-likeness (QED) is 0.829. The molecule has 112 valence electrons. The molecule has 1 heterocycles. The number of nitrogens with zero attached hydrogens (tertiary/aromatic N) is 1. The van der Waals surface area contributed by atoms with Crippen LogP contribution in [0.5, 0.6) is 0 Å². The van der Waals surface area contributed by atoms with Crippen LogP contribution in [-0.4, -0.2) is 48.2 Å². The van der Waals surface area contributed by atoms with Gasteiger partial charge in [0.05, 0.1) is 17.4 Å². The van der Waals surface area contributed by atoms with E-state index in [2.05, 4.69) is 0 Å². The molecule has 0 aromatic heterocycles. The Morgan fingerprint density at radius 2 is 2.10 bits per heavy atom. The van der Waals surface area contributed by atoms with Gasteiger partial charge in [0.25, 0.3) is 0 Å². The van der Waals surface area contributed by atoms with E-state index in [1.165, 1.54) is 0 Å². The van der Waals surface area contributed by atoms with Crippen LogP contribution in [0.25, 0.3) is 0 Å². The third-order valence-corrected chi connectivity index (χ3v) is 5.47. The molecule has 1 aliphatic heterocycles. The van der Waals surface area contributed by atoms with Crippen LogP contribution in [0.15, 0.2) is 0 Å². The summed E-state index contributed by atoms with van der Waals surface area (Å²) in [5, 5.41) is 9.57. The Balaban J connectivity index is 1.71. The molecule has 0 unspecified atom stereocenters. The predicted octanol–water partition coefficient (Wildman–Crippen LogP) is 1.52. The lowest BCUT2D eigenvalue weighted by atomic mass is 9.81. The number of fused-ring (bicyclic) bond motifs is 1. The molecule has 0 aromatic carbocycles. The van der Waals surface area contributed by atoms with Crippen LogP contribution in [0.4, 0.5) is 0 Å². The van der Waals surface area contributed by atoms with Crippen molar-refractivity contribution in [2.24, 2.45) is 16.7 Å². The van der Waals surface area contributed by atoms with Crippen LogP contribution < -0.4 is 0 Å². The zero-order valence-corrected chi connectivity index (χ0v) is 12.1. The Hall–Kier alpha value is -1.10. The van der Waals surface area contributed by atoms with Gasteiger partial charge in [0.1, 0.15) is 0 Å². The van der Waals surface area contributed by atoms with Crippen LogP contribution in [0.3, 0.4) is 0 Å². The molecule has 5 nitrogen and oxygen atoms in total. The van der Waals surface area contributed by atoms with Crippen LogP contribution in [0.2, 0.25) is 0 Å². The van der Waals surface area contributed by atoms with E-state index in [1.54, 1.807) is 0 Å². The molecule has 2 saturated carbocycles. The number of carboxylic acid groups (broad SMARTS) is 1. The van der Waals surface area contributed by atoms with Crippen molar-refractivity contribution in [2.75, 3.05) is 26.3 Å². The molecule has 3 aliphatic rings. The lowest BCUT2D eigenvalue weighted by Crippen LogP contribution is -2.41. The van der Waals surface area contributed by atoms with Gasteiger partial charge in [-0.05, 0) is 38.5 Å². The van der Waals surface area contributed by atoms with Gasteiger partial charge in [-0.15, -0.1) is 0 Å². The number of rotatable bonds is 5. The van der Waals surface area contributed by atoms with Gasteiger partial charge in [0.15, 0.2) is 0 Å². The molecule has 0 aromatic rings. The summed E-state index contributed by atoms with van der Waals surface area (Å²) in [5.74, 6) is -0.447. The fraction of sp³-hybridized carbons (Fsp3) is 0.867. The zero-order valence-electron chi connectivity index (χ0n) is 12.1. The summed E-state index contributed by atoms with van der Waals surface area (Å²) in [5.41, 5.74) is -1.01. The third kappa shape index (κ3) is 1.94. The Morgan fingerprint density at radius 3 is 2.65 bits per heavy atom. The monoisotopic (exact) mass is 281 g/mol. The Labute approximate surface area is 119 Å². The highest BCUT2D eigenvalue weighted by molar-refractivity contribution is 5.87. The van der Waals surface area contributed by atoms with Gasteiger partial charge in [0, 0.05) is 19.7 Å². The van der Waals surface area contributed by atoms with Crippen molar-refractivity contribution in [3.05, 3.63) is 0 Å². The highest BCUT2D eigenvalue weighted by atomic mass is 16.5. The zero-order chi connectivity index (χ0) is 14.4. The summed E-state index contributed by atoms with van der Waals surface area (Å²) < 4.78 is 5.44. The minimum atomic E-state index is -0.718. The Bertz CT molecular complexity index is 432. The van der Waals surface area contributed by atoms with Gasteiger partial charge in [-0.2, -0.15) is 0 Å². The molecular weight excluding hydrogens is 258 g/mol. The number of carbonyl (C=O) groups is 2. The average Bonchev–Trinajstić information content (AvgIpc) is 2.94. The van der Waals surface area contributed by atoms with Gasteiger partial charge in [-0.3, -0.25) is 9.59 Å². The SMILES string of the molecule is CCOCC1(C(=O)N2C[C@@H]3CCC[C@@]3(C(=O)O)C2)CC1. The van der Waals surface area contributed by atoms with E-state index in [0.29, 0.717) is 26.3 Å². The molecule has 1 saturated heterocycles. The van der Waals surface area contributed by atoms with E-state index in [9.17, 15) is 14.7 Å². The smallest absolute Gasteiger partial charge is 0.311 e. The maximum atomic E-state index is 12.7. The lowest BCUT2D eigenvalue weighted by molar-refractivity contribution is -0.150. The first-order chi connectivity index (χ1) is 9.54. The molecule has 20 heavy (non-hydrogen) atoms. The summed E-state index contributed by atoms with van der Waals surface area (Å²) >= 11 is 0. The second-order valence-corrected chi connectivity index (χ2v) is 6.65. The second kappa shape index (κ2) is 4.72. The first-order valence-corrected chi connectivity index (χ1v) is 7.65. The van der Waals surface area contributed by atoms with Crippen molar-refractivity contribution < 1.29 is 19.4 Å². The Morgan fingerprint density at radius 1 is 1.35 bits per heavy atom. The summed E-state index contributed by atoms with van der Waals surface area (Å²) in [6.07, 6.45) is 4.40. The van der Waals surface area contributed by atoms with E-state index >= 15 is 0 Å². The maximum Gasteiger partial charge on any atom is 0.311 e. The highest BCUT2D eigenvalue weighted by Gasteiger charge is 2.60. The van der Waals surface area contributed by atoms with Crippen molar-refractivity contribution in [1.82, 2.24) is 4.90 Å². The number of amides is 1. The van der Waals surface area contributed by atoms with E-state index < -0.39 is 11.4 Å². The van der Waals surface area contributed by atoms with Crippen LogP contribution >= 0.6 is 0 Å². The molecule has 3 fully saturated rings. The summed E-state index contributed by atoms with van der Waals surface area (Å²) in [4.78, 5) is 26.1. The number of likely N-dealkylation sites (tertiary alicyclic amines) is 1. The molecule has 0 spiro atoms. The molecule has 1 amide bonds. The molecular formula is C15H23NO4. The van der Waals surface area contributed by atoms with Crippen molar-refractivity contribution >= 4 is 11.9 Å². The van der Waals surface area contributed by atoms with Gasteiger partial charge < -0.3 is 14.7 Å². The topological polar surface area (TPSA) is 66.8 Å². The molecule has 0 radical (unpaired) electrons. The number of carbonyl (C=O) groups excluding carboxylic acids is 1. The maximum absolute atomic E-state index is 12.7. The minimum absolute atomic E-state index is 0.126. The van der Waals surface area contributed by atoms with Crippen LogP contribution in [0, 0.1) is 16.7 Å². The van der Waals surface area contributed by atoms with Gasteiger partial charge in [0.2, 0.25) is 5.91 Å². The van der Waals surface area contributed by atoms with Gasteiger partial charge >= 0.3 is 5.97 Å². The standard InChI is InChI=1S/C15H23NO4/c1-2-20-10-14(6-7-14)12(17)16-8-11-4-3-5-15(11,9-16)13(18)19/h11H,2-10H2,1H3,(H,18,19)/t11-,15+/m0/s1. The summed E-state index contributed by atoms with van der Waals surface area (Å²) in [7, 11) is 0. The number of carboxylic acids is 1. The molecule has 2 aliphatic carbocycles. The number of ether oxygens (including phenoxy) is 1. The van der Waals surface area contributed by atoms with E-state index in [0.717, 1.165) is 32.1 Å². The number of hydrogen-bond acceptors (Lipinski definition) is 3. The van der Waals surface area contributed by atoms with Crippen molar-refractivity contribution in [3.8, 4) is 0 Å². The lowest BCUT2D eigenvalue weighted by Gasteiger charge is -2.26. The molecule has 5 heteroatoms. The van der Waals surface area contributed by atoms with Crippen molar-refractivity contribution in [1.29, 1.82) is 0 Å². The molecule has 2 atom stereocenters. The first-order valence-electron chi connectivity index (χ1n) is 7.65. The predicted molar refractivity (Wildman–Crippen MR) is 72.1 cm³/mol. The molecule has 0 bridgehead atoms. The van der Waals surface area contributed by atoms with E-state index in [-0.39, 0.29) is 17.2 Å². The van der Waals surface area contributed by atoms with E-state index in [4.69, 9.17) is 4.74 Å². The fourth-order valence-corrected chi connectivity index (χ4v) is 4.00. The van der Waals surface area contributed by atoms with Gasteiger partial charge in [-0.1, -0.05) is 6.42 Å². The molecule has 3 rings (SSSR count). The highest BCUT2D eigenvalue weighted by Crippen LogP contribution is 2.53. The van der Waals surface area contributed by atoms with Gasteiger partial charge in [-0.25, -0.2) is 0 Å². The Kier molecular flexibility index (Phi) is 3.27. The fourth-order valence-electron chi connectivity index (χ4n) is 4.00. The number of hydrogen-bond donors (Lipinski definition) is 1. The van der Waals surface area contributed by atoms with Crippen LogP contribution in [-0.2, 0) is 14.3 Å². The van der Waals surface area contributed by atoms with Crippen molar-refractivity contribution in [2.45, 2.75) is 39.0 Å². The third-order valence-electron chi connectivity index (χ3n) is 5.47.